The first-order chi connectivity index (χ1) is 15.0. The quantitative estimate of drug-likeness (QED) is 0.611. The fourth-order valence-electron chi connectivity index (χ4n) is 3.89. The number of carbonyl (C=O) groups excluding carboxylic acids is 1. The number of nitrogens with zero attached hydrogens (tertiary/aromatic N) is 1. The highest BCUT2D eigenvalue weighted by Crippen LogP contribution is 2.27. The van der Waals surface area contributed by atoms with Crippen molar-refractivity contribution in [1.82, 2.24) is 4.90 Å². The van der Waals surface area contributed by atoms with E-state index in [2.05, 4.69) is 0 Å². The number of likely N-dealkylation sites (tertiary alicyclic amines) is 1. The number of hydrogen-bond donors (Lipinski definition) is 1. The Kier molecular flexibility index (Phi) is 8.51. The van der Waals surface area contributed by atoms with E-state index in [1.807, 2.05) is 4.90 Å². The molecule has 2 aromatic carbocycles. The lowest BCUT2D eigenvalue weighted by molar-refractivity contribution is -0.150. The Hall–Kier alpha value is -2.35. The van der Waals surface area contributed by atoms with Crippen LogP contribution in [0.25, 0.3) is 0 Å². The Bertz CT molecular complexity index is 783. The lowest BCUT2D eigenvalue weighted by atomic mass is 9.98. The monoisotopic (exact) mass is 433 g/mol. The molecule has 31 heavy (non-hydrogen) atoms. The number of carbonyl (C=O) groups is 1. The van der Waals surface area contributed by atoms with Gasteiger partial charge in [-0.2, -0.15) is 0 Å². The van der Waals surface area contributed by atoms with E-state index in [4.69, 9.17) is 9.47 Å². The summed E-state index contributed by atoms with van der Waals surface area (Å²) in [6.07, 6.45) is 0.318. The van der Waals surface area contributed by atoms with Gasteiger partial charge in [-0.1, -0.05) is 24.3 Å². The number of rotatable bonds is 9. The molecule has 0 aromatic heterocycles. The third kappa shape index (κ3) is 6.82. The zero-order valence-electron chi connectivity index (χ0n) is 17.7. The summed E-state index contributed by atoms with van der Waals surface area (Å²) in [5.41, 5.74) is 1.42. The summed E-state index contributed by atoms with van der Waals surface area (Å²) in [4.78, 5) is 14.1. The maximum Gasteiger partial charge on any atom is 0.310 e. The summed E-state index contributed by atoms with van der Waals surface area (Å²) in [7, 11) is 0. The smallest absolute Gasteiger partial charge is 0.310 e. The number of piperidine rings is 1. The van der Waals surface area contributed by atoms with E-state index < -0.39 is 12.2 Å². The molecule has 5 nitrogen and oxygen atoms in total. The molecule has 0 spiro atoms. The van der Waals surface area contributed by atoms with Crippen molar-refractivity contribution in [3.8, 4) is 0 Å². The van der Waals surface area contributed by atoms with Crippen molar-refractivity contribution in [3.63, 3.8) is 0 Å². The van der Waals surface area contributed by atoms with Crippen molar-refractivity contribution in [2.75, 3.05) is 32.8 Å². The van der Waals surface area contributed by atoms with E-state index in [1.54, 1.807) is 31.2 Å². The second-order valence-electron chi connectivity index (χ2n) is 7.82. The molecular weight excluding hydrogens is 404 g/mol. The summed E-state index contributed by atoms with van der Waals surface area (Å²) in [5.74, 6) is -1.08. The lowest BCUT2D eigenvalue weighted by Gasteiger charge is -2.33. The molecule has 1 aliphatic heterocycles. The first kappa shape index (κ1) is 23.3. The molecule has 0 saturated carbocycles. The van der Waals surface area contributed by atoms with Crippen LogP contribution in [-0.2, 0) is 14.3 Å². The van der Waals surface area contributed by atoms with E-state index in [0.29, 0.717) is 30.8 Å². The van der Waals surface area contributed by atoms with Crippen molar-refractivity contribution in [3.05, 3.63) is 71.3 Å². The Morgan fingerprint density at radius 2 is 1.68 bits per heavy atom. The van der Waals surface area contributed by atoms with E-state index in [-0.39, 0.29) is 30.1 Å². The van der Waals surface area contributed by atoms with E-state index in [0.717, 1.165) is 19.4 Å². The molecule has 2 aromatic rings. The SMILES string of the molecule is CCOC(=O)[C@@H]1CCCN(C[C@H](O)COC(c2ccc(F)cc2)c2ccc(F)cc2)C1. The maximum absolute atomic E-state index is 13.3. The van der Waals surface area contributed by atoms with Gasteiger partial charge >= 0.3 is 5.97 Å². The van der Waals surface area contributed by atoms with Crippen LogP contribution < -0.4 is 0 Å². The number of aliphatic hydroxyl groups excluding tert-OH is 1. The first-order valence-corrected chi connectivity index (χ1v) is 10.7. The van der Waals surface area contributed by atoms with Crippen LogP contribution in [0.5, 0.6) is 0 Å². The zero-order chi connectivity index (χ0) is 22.2. The lowest BCUT2D eigenvalue weighted by Crippen LogP contribution is -2.43. The molecule has 7 heteroatoms. The number of benzene rings is 2. The molecule has 0 aliphatic carbocycles. The van der Waals surface area contributed by atoms with Gasteiger partial charge in [-0.15, -0.1) is 0 Å². The van der Waals surface area contributed by atoms with Crippen molar-refractivity contribution in [1.29, 1.82) is 0 Å². The largest absolute Gasteiger partial charge is 0.466 e. The maximum atomic E-state index is 13.3. The third-order valence-electron chi connectivity index (χ3n) is 5.40. The summed E-state index contributed by atoms with van der Waals surface area (Å²) >= 11 is 0. The zero-order valence-corrected chi connectivity index (χ0v) is 17.7. The molecule has 1 aliphatic rings. The number of aliphatic hydroxyl groups is 1. The molecule has 2 atom stereocenters. The first-order valence-electron chi connectivity index (χ1n) is 10.7. The van der Waals surface area contributed by atoms with Crippen molar-refractivity contribution in [2.24, 2.45) is 5.92 Å². The van der Waals surface area contributed by atoms with Gasteiger partial charge < -0.3 is 14.6 Å². The van der Waals surface area contributed by atoms with Crippen LogP contribution in [0, 0.1) is 17.6 Å². The Morgan fingerprint density at radius 1 is 1.10 bits per heavy atom. The second kappa shape index (κ2) is 11.3. The molecule has 0 radical (unpaired) electrons. The highest BCUT2D eigenvalue weighted by Gasteiger charge is 2.28. The van der Waals surface area contributed by atoms with Crippen LogP contribution in [-0.4, -0.2) is 54.9 Å². The van der Waals surface area contributed by atoms with Gasteiger partial charge in [0.1, 0.15) is 17.7 Å². The molecule has 1 fully saturated rings. The predicted molar refractivity (Wildman–Crippen MR) is 112 cm³/mol. The summed E-state index contributed by atoms with van der Waals surface area (Å²) in [6, 6.07) is 11.8. The standard InChI is InChI=1S/C24H29F2NO4/c1-2-30-24(29)19-4-3-13-27(14-19)15-22(28)16-31-23(17-5-9-20(25)10-6-17)18-7-11-21(26)12-8-18/h5-12,19,22-23,28H,2-4,13-16H2,1H3/t19-,22+/m1/s1. The minimum absolute atomic E-state index is 0.0417. The molecule has 168 valence electrons. The number of β-amino-alcohol motifs (C(OH)–C–C–N with tert-alkyl or cyclic N) is 1. The van der Waals surface area contributed by atoms with Gasteiger partial charge in [-0.3, -0.25) is 9.69 Å². The summed E-state index contributed by atoms with van der Waals surface area (Å²) in [5, 5.41) is 10.6. The number of hydrogen-bond acceptors (Lipinski definition) is 5. The van der Waals surface area contributed by atoms with E-state index in [9.17, 15) is 18.7 Å². The molecule has 1 N–H and O–H groups in total. The number of halogens is 2. The van der Waals surface area contributed by atoms with Crippen molar-refractivity contribution >= 4 is 5.97 Å². The van der Waals surface area contributed by atoms with Gasteiger partial charge in [-0.25, -0.2) is 8.78 Å². The number of ether oxygens (including phenoxy) is 2. The minimum atomic E-state index is -0.774. The molecular formula is C24H29F2NO4. The summed E-state index contributed by atoms with van der Waals surface area (Å²) in [6.45, 7) is 3.91. The Morgan fingerprint density at radius 3 is 2.23 bits per heavy atom. The molecule has 0 unspecified atom stereocenters. The van der Waals surface area contributed by atoms with Crippen LogP contribution >= 0.6 is 0 Å². The Labute approximate surface area is 181 Å². The predicted octanol–water partition coefficient (Wildman–Crippen LogP) is 3.71. The van der Waals surface area contributed by atoms with Gasteiger partial charge in [0.15, 0.2) is 0 Å². The molecule has 0 bridgehead atoms. The molecule has 3 rings (SSSR count). The van der Waals surface area contributed by atoms with Gasteiger partial charge in [0.25, 0.3) is 0 Å². The van der Waals surface area contributed by atoms with Crippen LogP contribution in [0.4, 0.5) is 8.78 Å². The normalized spacial score (nSPS) is 18.2. The van der Waals surface area contributed by atoms with Crippen LogP contribution in [0.3, 0.4) is 0 Å². The topological polar surface area (TPSA) is 59.0 Å². The van der Waals surface area contributed by atoms with Crippen LogP contribution in [0.15, 0.2) is 48.5 Å². The van der Waals surface area contributed by atoms with Gasteiger partial charge in [0, 0.05) is 13.1 Å². The second-order valence-corrected chi connectivity index (χ2v) is 7.82. The van der Waals surface area contributed by atoms with Crippen LogP contribution in [0.1, 0.15) is 37.0 Å². The highest BCUT2D eigenvalue weighted by atomic mass is 19.1. The summed E-state index contributed by atoms with van der Waals surface area (Å²) < 4.78 is 37.8. The number of esters is 1. The average Bonchev–Trinajstić information content (AvgIpc) is 2.76. The van der Waals surface area contributed by atoms with Crippen LogP contribution in [0.2, 0.25) is 0 Å². The van der Waals surface area contributed by atoms with Gasteiger partial charge in [0.2, 0.25) is 0 Å². The van der Waals surface area contributed by atoms with E-state index >= 15 is 0 Å². The minimum Gasteiger partial charge on any atom is -0.466 e. The third-order valence-corrected chi connectivity index (χ3v) is 5.40. The molecule has 1 saturated heterocycles. The average molecular weight is 433 g/mol. The van der Waals surface area contributed by atoms with Gasteiger partial charge in [0.05, 0.1) is 25.2 Å². The van der Waals surface area contributed by atoms with Gasteiger partial charge in [-0.05, 0) is 61.7 Å². The van der Waals surface area contributed by atoms with E-state index in [1.165, 1.54) is 24.3 Å². The fourth-order valence-corrected chi connectivity index (χ4v) is 3.89. The Balaban J connectivity index is 1.61. The van der Waals surface area contributed by atoms with Crippen molar-refractivity contribution in [2.45, 2.75) is 32.0 Å². The highest BCUT2D eigenvalue weighted by molar-refractivity contribution is 5.72. The molecule has 0 amide bonds. The fraction of sp³-hybridized carbons (Fsp3) is 0.458. The molecule has 1 heterocycles. The van der Waals surface area contributed by atoms with Crippen molar-refractivity contribution < 1.29 is 28.2 Å².